The monoisotopic (exact) mass is 281 g/mol. The van der Waals surface area contributed by atoms with Crippen molar-refractivity contribution in [1.29, 1.82) is 0 Å². The molecule has 6 N–H and O–H groups in total. The van der Waals surface area contributed by atoms with Gasteiger partial charge in [0.25, 0.3) is 5.91 Å². The van der Waals surface area contributed by atoms with Crippen molar-refractivity contribution >= 4 is 17.9 Å². The molecule has 1 aromatic carbocycles. The number of aliphatic hydroxyl groups excluding tert-OH is 1. The van der Waals surface area contributed by atoms with Gasteiger partial charge in [0.15, 0.2) is 6.04 Å². The molecule has 0 spiro atoms. The van der Waals surface area contributed by atoms with Crippen molar-refractivity contribution in [3.8, 4) is 0 Å². The SMILES string of the molecule is NC(=O)NCc1ccc(C(=O)N[C@H](CO)C(=O)O)cc1. The molecule has 108 valence electrons. The lowest BCUT2D eigenvalue weighted by molar-refractivity contribution is -0.140. The number of carboxylic acid groups (broad SMARTS) is 1. The van der Waals surface area contributed by atoms with E-state index in [1.807, 2.05) is 0 Å². The fourth-order valence-electron chi connectivity index (χ4n) is 1.39. The molecule has 0 heterocycles. The summed E-state index contributed by atoms with van der Waals surface area (Å²) >= 11 is 0. The van der Waals surface area contributed by atoms with Crippen molar-refractivity contribution in [2.45, 2.75) is 12.6 Å². The van der Waals surface area contributed by atoms with Crippen LogP contribution < -0.4 is 16.4 Å². The quantitative estimate of drug-likeness (QED) is 0.456. The maximum Gasteiger partial charge on any atom is 0.328 e. The lowest BCUT2D eigenvalue weighted by atomic mass is 10.1. The van der Waals surface area contributed by atoms with Crippen LogP contribution in [-0.2, 0) is 11.3 Å². The molecule has 0 aliphatic heterocycles. The summed E-state index contributed by atoms with van der Waals surface area (Å²) < 4.78 is 0. The number of nitrogens with one attached hydrogen (secondary N) is 2. The number of carbonyl (C=O) groups is 3. The predicted octanol–water partition coefficient (Wildman–Crippen LogP) is -0.970. The van der Waals surface area contributed by atoms with Gasteiger partial charge in [-0.25, -0.2) is 9.59 Å². The molecule has 0 saturated carbocycles. The van der Waals surface area contributed by atoms with E-state index >= 15 is 0 Å². The second kappa shape index (κ2) is 7.10. The van der Waals surface area contributed by atoms with Gasteiger partial charge in [-0.15, -0.1) is 0 Å². The summed E-state index contributed by atoms with van der Waals surface area (Å²) in [5.74, 6) is -1.93. The van der Waals surface area contributed by atoms with E-state index in [0.717, 1.165) is 5.56 Å². The number of nitrogens with two attached hydrogens (primary N) is 1. The highest BCUT2D eigenvalue weighted by atomic mass is 16.4. The van der Waals surface area contributed by atoms with Crippen molar-refractivity contribution in [2.24, 2.45) is 5.73 Å². The molecule has 0 unspecified atom stereocenters. The number of carbonyl (C=O) groups excluding carboxylic acids is 2. The molecule has 0 saturated heterocycles. The predicted molar refractivity (Wildman–Crippen MR) is 68.8 cm³/mol. The number of urea groups is 1. The van der Waals surface area contributed by atoms with Crippen molar-refractivity contribution in [3.05, 3.63) is 35.4 Å². The molecule has 0 aliphatic carbocycles. The minimum Gasteiger partial charge on any atom is -0.480 e. The van der Waals surface area contributed by atoms with Crippen LogP contribution in [0.5, 0.6) is 0 Å². The summed E-state index contributed by atoms with van der Waals surface area (Å²) in [6.07, 6.45) is 0. The molecule has 3 amide bonds. The molecule has 1 atom stereocenters. The van der Waals surface area contributed by atoms with Crippen LogP contribution in [0.15, 0.2) is 24.3 Å². The van der Waals surface area contributed by atoms with Gasteiger partial charge in [0, 0.05) is 12.1 Å². The maximum absolute atomic E-state index is 11.7. The van der Waals surface area contributed by atoms with Crippen molar-refractivity contribution in [1.82, 2.24) is 10.6 Å². The molecule has 1 aromatic rings. The van der Waals surface area contributed by atoms with Gasteiger partial charge >= 0.3 is 12.0 Å². The van der Waals surface area contributed by atoms with E-state index in [1.54, 1.807) is 12.1 Å². The summed E-state index contributed by atoms with van der Waals surface area (Å²) in [5.41, 5.74) is 5.90. The first-order valence-electron chi connectivity index (χ1n) is 5.70. The molecule has 8 nitrogen and oxygen atoms in total. The highest BCUT2D eigenvalue weighted by molar-refractivity contribution is 5.96. The Hall–Kier alpha value is -2.61. The third kappa shape index (κ3) is 4.58. The van der Waals surface area contributed by atoms with Crippen LogP contribution in [0.4, 0.5) is 4.79 Å². The molecule has 8 heteroatoms. The second-order valence-corrected chi connectivity index (χ2v) is 3.96. The number of carboxylic acids is 1. The molecule has 0 bridgehead atoms. The van der Waals surface area contributed by atoms with E-state index in [0.29, 0.717) is 0 Å². The van der Waals surface area contributed by atoms with E-state index in [1.165, 1.54) is 12.1 Å². The first-order chi connectivity index (χ1) is 9.43. The summed E-state index contributed by atoms with van der Waals surface area (Å²) in [5, 5.41) is 22.1. The maximum atomic E-state index is 11.7. The number of hydrogen-bond acceptors (Lipinski definition) is 4. The zero-order valence-corrected chi connectivity index (χ0v) is 10.5. The lowest BCUT2D eigenvalue weighted by Crippen LogP contribution is -2.43. The van der Waals surface area contributed by atoms with Crippen LogP contribution in [-0.4, -0.2) is 40.8 Å². The molecule has 0 aliphatic rings. The number of benzene rings is 1. The summed E-state index contributed by atoms with van der Waals surface area (Å²) in [6.45, 7) is -0.465. The molecule has 1 rings (SSSR count). The van der Waals surface area contributed by atoms with Gasteiger partial charge in [-0.3, -0.25) is 4.79 Å². The molecular formula is C12H15N3O5. The first-order valence-corrected chi connectivity index (χ1v) is 5.70. The van der Waals surface area contributed by atoms with Crippen LogP contribution >= 0.6 is 0 Å². The number of rotatable bonds is 6. The number of amides is 3. The van der Waals surface area contributed by atoms with E-state index in [4.69, 9.17) is 15.9 Å². The fourth-order valence-corrected chi connectivity index (χ4v) is 1.39. The Balaban J connectivity index is 2.65. The number of aliphatic hydroxyl groups is 1. The second-order valence-electron chi connectivity index (χ2n) is 3.96. The Labute approximate surface area is 114 Å². The van der Waals surface area contributed by atoms with Crippen molar-refractivity contribution < 1.29 is 24.6 Å². The first kappa shape index (κ1) is 15.4. The van der Waals surface area contributed by atoms with Crippen LogP contribution in [0.1, 0.15) is 15.9 Å². The summed E-state index contributed by atoms with van der Waals surface area (Å²) in [7, 11) is 0. The minimum atomic E-state index is -1.35. The third-order valence-corrected chi connectivity index (χ3v) is 2.47. The zero-order chi connectivity index (χ0) is 15.1. The van der Waals surface area contributed by atoms with Gasteiger partial charge in [-0.2, -0.15) is 0 Å². The van der Waals surface area contributed by atoms with Gasteiger partial charge in [-0.1, -0.05) is 12.1 Å². The molecule has 20 heavy (non-hydrogen) atoms. The minimum absolute atomic E-state index is 0.228. The Bertz CT molecular complexity index is 500. The standard InChI is InChI=1S/C12H15N3O5/c13-12(20)14-5-7-1-3-8(4-2-7)10(17)15-9(6-16)11(18)19/h1-4,9,16H,5-6H2,(H,15,17)(H,18,19)(H3,13,14,20)/t9-/m1/s1. The number of aliphatic carboxylic acids is 1. The topological polar surface area (TPSA) is 142 Å². The summed E-state index contributed by atoms with van der Waals surface area (Å²) in [6, 6.07) is 4.14. The van der Waals surface area contributed by atoms with Crippen LogP contribution in [0, 0.1) is 0 Å². The molecule has 0 fully saturated rings. The smallest absolute Gasteiger partial charge is 0.328 e. The molecule has 0 radical (unpaired) electrons. The van der Waals surface area contributed by atoms with Gasteiger partial charge in [0.05, 0.1) is 6.61 Å². The molecular weight excluding hydrogens is 266 g/mol. The number of primary amides is 1. The van der Waals surface area contributed by atoms with E-state index in [2.05, 4.69) is 10.6 Å². The van der Waals surface area contributed by atoms with Crippen LogP contribution in [0.3, 0.4) is 0 Å². The summed E-state index contributed by atoms with van der Waals surface area (Å²) in [4.78, 5) is 32.9. The van der Waals surface area contributed by atoms with Crippen LogP contribution in [0.2, 0.25) is 0 Å². The van der Waals surface area contributed by atoms with E-state index < -0.39 is 30.6 Å². The van der Waals surface area contributed by atoms with E-state index in [-0.39, 0.29) is 12.1 Å². The normalized spacial score (nSPS) is 11.4. The van der Waals surface area contributed by atoms with Crippen molar-refractivity contribution in [2.75, 3.05) is 6.61 Å². The Morgan fingerprint density at radius 1 is 1.20 bits per heavy atom. The number of hydrogen-bond donors (Lipinski definition) is 5. The van der Waals surface area contributed by atoms with Crippen LogP contribution in [0.25, 0.3) is 0 Å². The van der Waals surface area contributed by atoms with Gasteiger partial charge in [0.1, 0.15) is 0 Å². The lowest BCUT2D eigenvalue weighted by Gasteiger charge is -2.11. The Morgan fingerprint density at radius 3 is 2.25 bits per heavy atom. The van der Waals surface area contributed by atoms with E-state index in [9.17, 15) is 14.4 Å². The Morgan fingerprint density at radius 2 is 1.80 bits per heavy atom. The average Bonchev–Trinajstić information content (AvgIpc) is 2.42. The third-order valence-electron chi connectivity index (χ3n) is 2.47. The molecule has 0 aromatic heterocycles. The fraction of sp³-hybridized carbons (Fsp3) is 0.250. The highest BCUT2D eigenvalue weighted by Crippen LogP contribution is 2.04. The van der Waals surface area contributed by atoms with Gasteiger partial charge < -0.3 is 26.6 Å². The largest absolute Gasteiger partial charge is 0.480 e. The zero-order valence-electron chi connectivity index (χ0n) is 10.5. The van der Waals surface area contributed by atoms with Crippen molar-refractivity contribution in [3.63, 3.8) is 0 Å². The highest BCUT2D eigenvalue weighted by Gasteiger charge is 2.19. The Kier molecular flexibility index (Phi) is 5.48. The van der Waals surface area contributed by atoms with Gasteiger partial charge in [0.2, 0.25) is 0 Å². The van der Waals surface area contributed by atoms with Gasteiger partial charge in [-0.05, 0) is 17.7 Å². The average molecular weight is 281 g/mol.